The van der Waals surface area contributed by atoms with Crippen LogP contribution >= 0.6 is 0 Å². The average Bonchev–Trinajstić information content (AvgIpc) is 3.20. The molecule has 152 valence electrons. The molecule has 6 nitrogen and oxygen atoms in total. The fraction of sp³-hybridized carbons (Fsp3) is 0.208. The first-order valence-corrected chi connectivity index (χ1v) is 9.95. The Balaban J connectivity index is 1.54. The van der Waals surface area contributed by atoms with E-state index >= 15 is 0 Å². The lowest BCUT2D eigenvalue weighted by atomic mass is 10.0. The van der Waals surface area contributed by atoms with E-state index in [-0.39, 0.29) is 5.91 Å². The molecule has 0 saturated carbocycles. The van der Waals surface area contributed by atoms with Crippen LogP contribution in [0.3, 0.4) is 0 Å². The Morgan fingerprint density at radius 3 is 2.67 bits per heavy atom. The van der Waals surface area contributed by atoms with E-state index in [1.165, 1.54) is 0 Å². The summed E-state index contributed by atoms with van der Waals surface area (Å²) < 4.78 is 7.13. The number of carbonyl (C=O) groups is 1. The van der Waals surface area contributed by atoms with Gasteiger partial charge in [-0.05, 0) is 55.3 Å². The van der Waals surface area contributed by atoms with Gasteiger partial charge in [-0.25, -0.2) is 4.98 Å². The third-order valence-electron chi connectivity index (χ3n) is 4.96. The van der Waals surface area contributed by atoms with Crippen LogP contribution in [0.15, 0.2) is 67.0 Å². The molecule has 30 heavy (non-hydrogen) atoms. The molecule has 2 aromatic carbocycles. The highest BCUT2D eigenvalue weighted by Gasteiger charge is 2.13. The molecule has 1 amide bonds. The molecule has 2 aromatic heterocycles. The molecule has 2 heterocycles. The Bertz CT molecular complexity index is 1170. The second-order valence-corrected chi connectivity index (χ2v) is 7.19. The maximum atomic E-state index is 13.0. The number of pyridine rings is 1. The third-order valence-corrected chi connectivity index (χ3v) is 4.96. The number of para-hydroxylation sites is 1. The maximum Gasteiger partial charge on any atom is 0.252 e. The average molecular weight is 400 g/mol. The molecule has 0 atom stereocenters. The number of methoxy groups -OCH3 is 1. The van der Waals surface area contributed by atoms with Crippen LogP contribution in [0, 0.1) is 6.92 Å². The molecule has 0 fully saturated rings. The van der Waals surface area contributed by atoms with Crippen molar-refractivity contribution in [2.24, 2.45) is 0 Å². The summed E-state index contributed by atoms with van der Waals surface area (Å²) in [6.07, 6.45) is 4.64. The zero-order valence-corrected chi connectivity index (χ0v) is 17.1. The van der Waals surface area contributed by atoms with Crippen LogP contribution in [0.2, 0.25) is 0 Å². The fourth-order valence-electron chi connectivity index (χ4n) is 3.40. The van der Waals surface area contributed by atoms with Crippen molar-refractivity contribution in [1.29, 1.82) is 0 Å². The highest BCUT2D eigenvalue weighted by atomic mass is 16.5. The molecule has 6 heteroatoms. The highest BCUT2D eigenvalue weighted by molar-refractivity contribution is 6.07. The van der Waals surface area contributed by atoms with Crippen molar-refractivity contribution in [3.8, 4) is 17.0 Å². The van der Waals surface area contributed by atoms with Crippen LogP contribution in [0.4, 0.5) is 0 Å². The topological polar surface area (TPSA) is 69.0 Å². The normalized spacial score (nSPS) is 10.9. The van der Waals surface area contributed by atoms with Gasteiger partial charge in [0.05, 0.1) is 30.1 Å². The minimum atomic E-state index is -0.0972. The summed E-state index contributed by atoms with van der Waals surface area (Å²) in [5.74, 6) is 0.685. The van der Waals surface area contributed by atoms with Gasteiger partial charge >= 0.3 is 0 Å². The molecule has 0 radical (unpaired) electrons. The molecule has 0 spiro atoms. The number of hydrogen-bond acceptors (Lipinski definition) is 4. The number of carbonyl (C=O) groups excluding carboxylic acids is 1. The third kappa shape index (κ3) is 4.33. The van der Waals surface area contributed by atoms with Crippen molar-refractivity contribution in [3.05, 3.63) is 78.1 Å². The second-order valence-electron chi connectivity index (χ2n) is 7.19. The van der Waals surface area contributed by atoms with Crippen molar-refractivity contribution >= 4 is 16.8 Å². The molecule has 0 aliphatic heterocycles. The molecular formula is C24H24N4O2. The first-order chi connectivity index (χ1) is 14.6. The number of amides is 1. The number of aryl methyl sites for hydroxylation is 2. The molecule has 4 rings (SSSR count). The van der Waals surface area contributed by atoms with E-state index in [9.17, 15) is 4.79 Å². The Hall–Kier alpha value is -3.67. The van der Waals surface area contributed by atoms with Gasteiger partial charge in [-0.3, -0.25) is 9.48 Å². The van der Waals surface area contributed by atoms with Gasteiger partial charge in [0, 0.05) is 30.2 Å². The van der Waals surface area contributed by atoms with Gasteiger partial charge in [0.2, 0.25) is 0 Å². The lowest BCUT2D eigenvalue weighted by Gasteiger charge is -2.11. The Labute approximate surface area is 175 Å². The van der Waals surface area contributed by atoms with Crippen LogP contribution < -0.4 is 10.1 Å². The highest BCUT2D eigenvalue weighted by Crippen LogP contribution is 2.26. The number of fused-ring (bicyclic) bond motifs is 1. The minimum Gasteiger partial charge on any atom is -0.497 e. The van der Waals surface area contributed by atoms with Gasteiger partial charge in [0.25, 0.3) is 5.91 Å². The minimum absolute atomic E-state index is 0.0972. The van der Waals surface area contributed by atoms with E-state index in [1.807, 2.05) is 78.6 Å². The van der Waals surface area contributed by atoms with Crippen molar-refractivity contribution in [3.63, 3.8) is 0 Å². The zero-order chi connectivity index (χ0) is 20.9. The molecular weight excluding hydrogens is 376 g/mol. The largest absolute Gasteiger partial charge is 0.497 e. The lowest BCUT2D eigenvalue weighted by Crippen LogP contribution is -2.25. The smallest absolute Gasteiger partial charge is 0.252 e. The van der Waals surface area contributed by atoms with E-state index in [1.54, 1.807) is 7.11 Å². The van der Waals surface area contributed by atoms with Gasteiger partial charge in [-0.15, -0.1) is 0 Å². The second kappa shape index (κ2) is 8.78. The Morgan fingerprint density at radius 2 is 1.93 bits per heavy atom. The first-order valence-electron chi connectivity index (χ1n) is 9.95. The van der Waals surface area contributed by atoms with Gasteiger partial charge < -0.3 is 10.1 Å². The summed E-state index contributed by atoms with van der Waals surface area (Å²) in [6, 6.07) is 17.3. The van der Waals surface area contributed by atoms with Gasteiger partial charge in [-0.1, -0.05) is 18.2 Å². The quantitative estimate of drug-likeness (QED) is 0.471. The first kappa shape index (κ1) is 19.6. The van der Waals surface area contributed by atoms with Crippen LogP contribution in [-0.4, -0.2) is 34.3 Å². The van der Waals surface area contributed by atoms with Crippen molar-refractivity contribution < 1.29 is 9.53 Å². The van der Waals surface area contributed by atoms with Crippen molar-refractivity contribution in [2.45, 2.75) is 19.9 Å². The van der Waals surface area contributed by atoms with Crippen molar-refractivity contribution in [2.75, 3.05) is 13.7 Å². The molecule has 0 aliphatic rings. The van der Waals surface area contributed by atoms with Gasteiger partial charge in [0.15, 0.2) is 0 Å². The molecule has 0 bridgehead atoms. The molecule has 0 unspecified atom stereocenters. The van der Waals surface area contributed by atoms with Crippen LogP contribution in [0.5, 0.6) is 5.75 Å². The Morgan fingerprint density at radius 1 is 1.13 bits per heavy atom. The summed E-state index contributed by atoms with van der Waals surface area (Å²) in [5.41, 5.74) is 4.25. The van der Waals surface area contributed by atoms with E-state index < -0.39 is 0 Å². The molecule has 0 aliphatic carbocycles. The van der Waals surface area contributed by atoms with E-state index in [4.69, 9.17) is 9.72 Å². The molecule has 0 saturated heterocycles. The maximum absolute atomic E-state index is 13.0. The lowest BCUT2D eigenvalue weighted by molar-refractivity contribution is 0.0954. The van der Waals surface area contributed by atoms with E-state index in [0.717, 1.165) is 46.4 Å². The summed E-state index contributed by atoms with van der Waals surface area (Å²) >= 11 is 0. The number of ether oxygens (including phenoxy) is 1. The van der Waals surface area contributed by atoms with Crippen molar-refractivity contribution in [1.82, 2.24) is 20.1 Å². The van der Waals surface area contributed by atoms with Crippen LogP contribution in [0.25, 0.3) is 22.2 Å². The van der Waals surface area contributed by atoms with Gasteiger partial charge in [-0.2, -0.15) is 5.10 Å². The number of aromatic nitrogens is 3. The van der Waals surface area contributed by atoms with Crippen LogP contribution in [-0.2, 0) is 6.54 Å². The number of benzene rings is 2. The van der Waals surface area contributed by atoms with Gasteiger partial charge in [0.1, 0.15) is 5.75 Å². The summed E-state index contributed by atoms with van der Waals surface area (Å²) in [5, 5.41) is 8.16. The monoisotopic (exact) mass is 400 g/mol. The van der Waals surface area contributed by atoms with E-state index in [2.05, 4.69) is 10.4 Å². The summed E-state index contributed by atoms with van der Waals surface area (Å²) in [7, 11) is 1.64. The van der Waals surface area contributed by atoms with Crippen LogP contribution in [0.1, 0.15) is 22.3 Å². The number of nitrogens with zero attached hydrogens (tertiary/aromatic N) is 3. The molecule has 1 N–H and O–H groups in total. The number of rotatable bonds is 7. The zero-order valence-electron chi connectivity index (χ0n) is 17.1. The fourth-order valence-corrected chi connectivity index (χ4v) is 3.40. The summed E-state index contributed by atoms with van der Waals surface area (Å²) in [6.45, 7) is 3.36. The number of nitrogens with one attached hydrogen (secondary N) is 1. The van der Waals surface area contributed by atoms with E-state index in [0.29, 0.717) is 12.1 Å². The summed E-state index contributed by atoms with van der Waals surface area (Å²) in [4.78, 5) is 17.7. The predicted molar refractivity (Wildman–Crippen MR) is 118 cm³/mol. The standard InChI is InChI=1S/C24H24N4O2/c1-17-15-26-28(16-17)13-5-12-25-24(29)21-14-23(18-8-10-19(30-2)11-9-18)27-22-7-4-3-6-20(21)22/h3-4,6-11,14-16H,5,12-13H2,1-2H3,(H,25,29). The SMILES string of the molecule is COc1ccc(-c2cc(C(=O)NCCCn3cc(C)cn3)c3ccccc3n2)cc1. The Kier molecular flexibility index (Phi) is 5.75. The predicted octanol–water partition coefficient (Wildman–Crippen LogP) is 4.24. The molecule has 4 aromatic rings. The number of hydrogen-bond donors (Lipinski definition) is 1.